The Hall–Kier alpha value is -1.85. The van der Waals surface area contributed by atoms with Gasteiger partial charge >= 0.3 is 11.9 Å². The molecule has 100 valence electrons. The summed E-state index contributed by atoms with van der Waals surface area (Å²) in [7, 11) is 1.20. The second-order valence-corrected chi connectivity index (χ2v) is 3.88. The second-order valence-electron chi connectivity index (χ2n) is 3.88. The summed E-state index contributed by atoms with van der Waals surface area (Å²) < 4.78 is 9.05. The van der Waals surface area contributed by atoms with Gasteiger partial charge in [-0.25, -0.2) is 9.59 Å². The molecule has 1 rings (SSSR count). The lowest BCUT2D eigenvalue weighted by Gasteiger charge is -2.19. The van der Waals surface area contributed by atoms with Crippen LogP contribution in [0.1, 0.15) is 19.8 Å². The van der Waals surface area contributed by atoms with Gasteiger partial charge in [0.2, 0.25) is 0 Å². The van der Waals surface area contributed by atoms with Crippen molar-refractivity contribution in [2.24, 2.45) is 0 Å². The number of hydrogen-bond acceptors (Lipinski definition) is 5. The molecule has 6 heteroatoms. The third-order valence-corrected chi connectivity index (χ3v) is 2.54. The van der Waals surface area contributed by atoms with E-state index in [0.29, 0.717) is 12.6 Å². The molecule has 0 aliphatic heterocycles. The zero-order chi connectivity index (χ0) is 13.5. The van der Waals surface area contributed by atoms with E-state index in [9.17, 15) is 14.4 Å². The minimum atomic E-state index is -0.736. The SMILES string of the molecule is CCN(C(=O)COC(=O)C=CC(=O)OC)C1CC1. The largest absolute Gasteiger partial charge is 0.466 e. The number of carbonyl (C=O) groups is 3. The van der Waals surface area contributed by atoms with Crippen LogP contribution in [0.3, 0.4) is 0 Å². The van der Waals surface area contributed by atoms with Gasteiger partial charge in [0.15, 0.2) is 6.61 Å². The molecule has 1 aliphatic carbocycles. The van der Waals surface area contributed by atoms with E-state index >= 15 is 0 Å². The average Bonchev–Trinajstić information content (AvgIpc) is 3.18. The Morgan fingerprint density at radius 2 is 1.83 bits per heavy atom. The van der Waals surface area contributed by atoms with Gasteiger partial charge in [-0.15, -0.1) is 0 Å². The summed E-state index contributed by atoms with van der Waals surface area (Å²) >= 11 is 0. The molecule has 0 aromatic rings. The van der Waals surface area contributed by atoms with E-state index < -0.39 is 11.9 Å². The Kier molecular flexibility index (Phi) is 5.35. The van der Waals surface area contributed by atoms with Gasteiger partial charge in [-0.3, -0.25) is 4.79 Å². The molecule has 18 heavy (non-hydrogen) atoms. The molecule has 1 aliphatic rings. The average molecular weight is 255 g/mol. The minimum Gasteiger partial charge on any atom is -0.466 e. The zero-order valence-electron chi connectivity index (χ0n) is 10.5. The highest BCUT2D eigenvalue weighted by atomic mass is 16.5. The summed E-state index contributed by atoms with van der Waals surface area (Å²) in [6.45, 7) is 2.20. The minimum absolute atomic E-state index is 0.209. The Balaban J connectivity index is 2.31. The maximum absolute atomic E-state index is 11.7. The molecule has 0 aromatic heterocycles. The number of rotatable bonds is 6. The third kappa shape index (κ3) is 4.57. The predicted octanol–water partition coefficient (Wildman–Crippen LogP) is 0.270. The van der Waals surface area contributed by atoms with Crippen LogP contribution in [-0.4, -0.2) is 49.0 Å². The van der Waals surface area contributed by atoms with Gasteiger partial charge in [-0.2, -0.15) is 0 Å². The Bertz CT molecular complexity index is 359. The molecule has 0 bridgehead atoms. The summed E-state index contributed by atoms with van der Waals surface area (Å²) in [5.41, 5.74) is 0. The topological polar surface area (TPSA) is 72.9 Å². The number of methoxy groups -OCH3 is 1. The van der Waals surface area contributed by atoms with Crippen LogP contribution in [0.4, 0.5) is 0 Å². The van der Waals surface area contributed by atoms with Crippen LogP contribution in [-0.2, 0) is 23.9 Å². The first-order valence-corrected chi connectivity index (χ1v) is 5.80. The van der Waals surface area contributed by atoms with Gasteiger partial charge in [-0.05, 0) is 19.8 Å². The van der Waals surface area contributed by atoms with Gasteiger partial charge in [0.05, 0.1) is 7.11 Å². The maximum Gasteiger partial charge on any atom is 0.331 e. The fraction of sp³-hybridized carbons (Fsp3) is 0.583. The highest BCUT2D eigenvalue weighted by Crippen LogP contribution is 2.26. The van der Waals surface area contributed by atoms with Crippen LogP contribution >= 0.6 is 0 Å². The van der Waals surface area contributed by atoms with Crippen molar-refractivity contribution in [1.29, 1.82) is 0 Å². The first-order chi connectivity index (χ1) is 8.58. The lowest BCUT2D eigenvalue weighted by molar-refractivity contribution is -0.148. The van der Waals surface area contributed by atoms with Crippen LogP contribution < -0.4 is 0 Å². The van der Waals surface area contributed by atoms with Crippen molar-refractivity contribution >= 4 is 17.8 Å². The van der Waals surface area contributed by atoms with E-state index in [0.717, 1.165) is 25.0 Å². The van der Waals surface area contributed by atoms with E-state index in [1.54, 1.807) is 4.90 Å². The lowest BCUT2D eigenvalue weighted by atomic mass is 10.4. The molecular formula is C12H17NO5. The predicted molar refractivity (Wildman–Crippen MR) is 62.5 cm³/mol. The van der Waals surface area contributed by atoms with E-state index in [4.69, 9.17) is 4.74 Å². The fourth-order valence-electron chi connectivity index (χ4n) is 1.49. The maximum atomic E-state index is 11.7. The molecule has 0 N–H and O–H groups in total. The van der Waals surface area contributed by atoms with Crippen LogP contribution in [0.2, 0.25) is 0 Å². The van der Waals surface area contributed by atoms with Crippen molar-refractivity contribution in [3.63, 3.8) is 0 Å². The van der Waals surface area contributed by atoms with Crippen molar-refractivity contribution in [2.75, 3.05) is 20.3 Å². The quantitative estimate of drug-likeness (QED) is 0.503. The molecule has 0 radical (unpaired) electrons. The molecule has 0 heterocycles. The standard InChI is InChI=1S/C12H17NO5/c1-3-13(9-4-5-9)10(14)8-18-12(16)7-6-11(15)17-2/h6-7,9H,3-5,8H2,1-2H3. The second kappa shape index (κ2) is 6.78. The number of hydrogen-bond donors (Lipinski definition) is 0. The highest BCUT2D eigenvalue weighted by molar-refractivity contribution is 5.92. The molecule has 1 amide bonds. The molecule has 0 saturated heterocycles. The van der Waals surface area contributed by atoms with Gasteiger partial charge in [0, 0.05) is 24.7 Å². The summed E-state index contributed by atoms with van der Waals surface area (Å²) in [5.74, 6) is -1.59. The molecule has 6 nitrogen and oxygen atoms in total. The number of ether oxygens (including phenoxy) is 2. The molecule has 1 fully saturated rings. The van der Waals surface area contributed by atoms with Crippen molar-refractivity contribution in [1.82, 2.24) is 4.90 Å². The van der Waals surface area contributed by atoms with Gasteiger partial charge < -0.3 is 14.4 Å². The van der Waals surface area contributed by atoms with Crippen molar-refractivity contribution in [2.45, 2.75) is 25.8 Å². The summed E-state index contributed by atoms with van der Waals surface area (Å²) in [6.07, 6.45) is 3.91. The van der Waals surface area contributed by atoms with Crippen LogP contribution in [0.5, 0.6) is 0 Å². The molecule has 1 saturated carbocycles. The Morgan fingerprint density at radius 3 is 2.33 bits per heavy atom. The van der Waals surface area contributed by atoms with E-state index in [2.05, 4.69) is 4.74 Å². The number of esters is 2. The number of carbonyl (C=O) groups excluding carboxylic acids is 3. The first-order valence-electron chi connectivity index (χ1n) is 5.80. The van der Waals surface area contributed by atoms with Crippen molar-refractivity contribution < 1.29 is 23.9 Å². The van der Waals surface area contributed by atoms with E-state index in [-0.39, 0.29) is 12.5 Å². The van der Waals surface area contributed by atoms with E-state index in [1.165, 1.54) is 7.11 Å². The Morgan fingerprint density at radius 1 is 1.22 bits per heavy atom. The molecule has 0 unspecified atom stereocenters. The smallest absolute Gasteiger partial charge is 0.331 e. The summed E-state index contributed by atoms with van der Waals surface area (Å²) in [5, 5.41) is 0. The lowest BCUT2D eigenvalue weighted by Crippen LogP contribution is -2.36. The molecule has 0 atom stereocenters. The van der Waals surface area contributed by atoms with Gasteiger partial charge in [0.1, 0.15) is 0 Å². The molecule has 0 spiro atoms. The molecular weight excluding hydrogens is 238 g/mol. The van der Waals surface area contributed by atoms with Crippen LogP contribution in [0.15, 0.2) is 12.2 Å². The van der Waals surface area contributed by atoms with E-state index in [1.807, 2.05) is 6.92 Å². The van der Waals surface area contributed by atoms with Crippen LogP contribution in [0.25, 0.3) is 0 Å². The summed E-state index contributed by atoms with van der Waals surface area (Å²) in [4.78, 5) is 35.3. The number of amides is 1. The third-order valence-electron chi connectivity index (χ3n) is 2.54. The number of nitrogens with zero attached hydrogens (tertiary/aromatic N) is 1. The van der Waals surface area contributed by atoms with Gasteiger partial charge in [0.25, 0.3) is 5.91 Å². The first kappa shape index (κ1) is 14.2. The summed E-state index contributed by atoms with van der Waals surface area (Å²) in [6, 6.07) is 0.298. The van der Waals surface area contributed by atoms with Crippen LogP contribution in [0, 0.1) is 0 Å². The monoisotopic (exact) mass is 255 g/mol. The van der Waals surface area contributed by atoms with Crippen molar-refractivity contribution in [3.8, 4) is 0 Å². The van der Waals surface area contributed by atoms with Gasteiger partial charge in [-0.1, -0.05) is 0 Å². The Labute approximate surface area is 106 Å². The number of likely N-dealkylation sites (N-methyl/N-ethyl adjacent to an activating group) is 1. The fourth-order valence-corrected chi connectivity index (χ4v) is 1.49. The van der Waals surface area contributed by atoms with Crippen molar-refractivity contribution in [3.05, 3.63) is 12.2 Å². The zero-order valence-corrected chi connectivity index (χ0v) is 10.5. The molecule has 0 aromatic carbocycles. The normalized spacial score (nSPS) is 14.3. The highest BCUT2D eigenvalue weighted by Gasteiger charge is 2.31.